The van der Waals surface area contributed by atoms with Crippen molar-refractivity contribution in [3.05, 3.63) is 30.1 Å². The van der Waals surface area contributed by atoms with E-state index in [9.17, 15) is 4.79 Å². The molecule has 0 aliphatic carbocycles. The number of hydrogen-bond acceptors (Lipinski definition) is 4. The van der Waals surface area contributed by atoms with Gasteiger partial charge in [0, 0.05) is 7.62 Å². The van der Waals surface area contributed by atoms with Crippen LogP contribution in [0.4, 0.5) is 0 Å². The van der Waals surface area contributed by atoms with Crippen LogP contribution < -0.4 is 5.32 Å². The minimum Gasteiger partial charge on any atom is -0.304 e. The summed E-state index contributed by atoms with van der Waals surface area (Å²) in [5.41, 5.74) is 0.906. The van der Waals surface area contributed by atoms with Gasteiger partial charge in [0.1, 0.15) is 4.75 Å². The molecule has 0 radical (unpaired) electrons. The number of aliphatic imine (C=N–C) groups is 1. The van der Waals surface area contributed by atoms with Gasteiger partial charge in [-0.2, -0.15) is 0 Å². The lowest BCUT2D eigenvalue weighted by molar-refractivity contribution is -0.122. The van der Waals surface area contributed by atoms with Crippen LogP contribution in [-0.2, 0) is 4.79 Å². The molecule has 4 nitrogen and oxygen atoms in total. The number of carbonyl (C=O) groups excluding carboxylic acids is 1. The molecule has 1 aliphatic heterocycles. The molecule has 0 bridgehead atoms. The van der Waals surface area contributed by atoms with Gasteiger partial charge in [-0.15, -0.1) is 0 Å². The molecule has 2 unspecified atom stereocenters. The van der Waals surface area contributed by atoms with Gasteiger partial charge >= 0.3 is 0 Å². The number of rotatable bonds is 3. The number of aromatic nitrogens is 1. The minimum absolute atomic E-state index is 0. The molecule has 1 saturated heterocycles. The van der Waals surface area contributed by atoms with Crippen molar-refractivity contribution in [2.45, 2.75) is 38.5 Å². The highest BCUT2D eigenvalue weighted by atomic mass is 32.2. The highest BCUT2D eigenvalue weighted by molar-refractivity contribution is 8.16. The summed E-state index contributed by atoms with van der Waals surface area (Å²) in [6.07, 6.45) is 1.75. The first-order chi connectivity index (χ1) is 8.93. The van der Waals surface area contributed by atoms with Gasteiger partial charge in [-0.25, -0.2) is 0 Å². The van der Waals surface area contributed by atoms with Crippen molar-refractivity contribution in [3.8, 4) is 0 Å². The fourth-order valence-electron chi connectivity index (χ4n) is 1.80. The van der Waals surface area contributed by atoms with Crippen molar-refractivity contribution in [1.29, 1.82) is 0 Å². The number of amidine groups is 1. The summed E-state index contributed by atoms with van der Waals surface area (Å²) in [5, 5.41) is 3.57. The molecule has 0 saturated carbocycles. The Bertz CT molecular complexity index is 506. The van der Waals surface area contributed by atoms with E-state index in [4.69, 9.17) is 0 Å². The van der Waals surface area contributed by atoms with Crippen molar-refractivity contribution in [3.63, 3.8) is 0 Å². The second-order valence-electron chi connectivity index (χ2n) is 5.18. The molecule has 1 N–H and O–H groups in total. The van der Waals surface area contributed by atoms with E-state index in [1.165, 1.54) is 11.8 Å². The van der Waals surface area contributed by atoms with Crippen LogP contribution in [0.15, 0.2) is 29.4 Å². The molecular weight excluding hydrogens is 258 g/mol. The Kier molecular flexibility index (Phi) is 3.94. The van der Waals surface area contributed by atoms with Crippen LogP contribution in [0.2, 0.25) is 0 Å². The minimum atomic E-state index is -0.428. The van der Waals surface area contributed by atoms with Crippen LogP contribution in [0.1, 0.15) is 40.9 Å². The molecule has 0 aromatic carbocycles. The van der Waals surface area contributed by atoms with Crippen LogP contribution in [-0.4, -0.2) is 20.8 Å². The lowest BCUT2D eigenvalue weighted by atomic mass is 9.96. The summed E-state index contributed by atoms with van der Waals surface area (Å²) in [6, 6.07) is 5.71. The van der Waals surface area contributed by atoms with E-state index in [0.29, 0.717) is 5.17 Å². The zero-order valence-electron chi connectivity index (χ0n) is 11.7. The van der Waals surface area contributed by atoms with Gasteiger partial charge in [-0.05, 0) is 31.9 Å². The number of pyridine rings is 1. The van der Waals surface area contributed by atoms with Crippen LogP contribution >= 0.6 is 11.8 Å². The van der Waals surface area contributed by atoms with E-state index in [1.54, 1.807) is 6.20 Å². The summed E-state index contributed by atoms with van der Waals surface area (Å²) < 4.78 is -0.428. The predicted molar refractivity (Wildman–Crippen MR) is 81.2 cm³/mol. The zero-order valence-corrected chi connectivity index (χ0v) is 12.5. The molecule has 2 rings (SSSR count). The van der Waals surface area contributed by atoms with Crippen molar-refractivity contribution >= 4 is 22.8 Å². The SMILES string of the molecule is CC(N=C1NC(=O)C(C)(C(C)C)S1)c1ccccn1.[HH]. The zero-order chi connectivity index (χ0) is 14.0. The number of nitrogens with one attached hydrogen (secondary N) is 1. The Morgan fingerprint density at radius 3 is 2.68 bits per heavy atom. The summed E-state index contributed by atoms with van der Waals surface area (Å²) in [7, 11) is 0. The third kappa shape index (κ3) is 2.81. The van der Waals surface area contributed by atoms with Gasteiger partial charge in [-0.3, -0.25) is 14.8 Å². The number of thioether (sulfide) groups is 1. The number of amides is 1. The van der Waals surface area contributed by atoms with Crippen LogP contribution in [0.3, 0.4) is 0 Å². The molecule has 1 aliphatic rings. The van der Waals surface area contributed by atoms with Gasteiger partial charge in [-0.1, -0.05) is 31.7 Å². The normalized spacial score (nSPS) is 26.8. The fraction of sp³-hybridized carbons (Fsp3) is 0.500. The van der Waals surface area contributed by atoms with Gasteiger partial charge in [0.2, 0.25) is 5.91 Å². The highest BCUT2D eigenvalue weighted by Gasteiger charge is 2.45. The monoisotopic (exact) mass is 279 g/mol. The molecule has 1 fully saturated rings. The molecule has 104 valence electrons. The van der Waals surface area contributed by atoms with Crippen LogP contribution in [0.5, 0.6) is 0 Å². The molecule has 2 heterocycles. The first-order valence-electron chi connectivity index (χ1n) is 6.42. The summed E-state index contributed by atoms with van der Waals surface area (Å²) in [4.78, 5) is 20.9. The van der Waals surface area contributed by atoms with Crippen molar-refractivity contribution in [1.82, 2.24) is 10.3 Å². The molecule has 1 aromatic heterocycles. The first kappa shape index (κ1) is 14.1. The summed E-state index contributed by atoms with van der Waals surface area (Å²) >= 11 is 1.51. The standard InChI is InChI=1S/C14H19N3OS.H2/c1-9(2)14(4)12(18)17-13(19-14)16-10(3)11-7-5-6-8-15-11;/h5-10H,1-4H3,(H,16,17,18);1H. The molecule has 2 atom stereocenters. The van der Waals surface area contributed by atoms with Crippen molar-refractivity contribution in [2.75, 3.05) is 0 Å². The Balaban J connectivity index is 0.00000200. The Morgan fingerprint density at radius 2 is 2.16 bits per heavy atom. The van der Waals surface area contributed by atoms with E-state index in [0.717, 1.165) is 5.69 Å². The van der Waals surface area contributed by atoms with Gasteiger partial charge in [0.05, 0.1) is 11.7 Å². The van der Waals surface area contributed by atoms with Crippen molar-refractivity contribution < 1.29 is 6.22 Å². The lowest BCUT2D eigenvalue weighted by Gasteiger charge is -2.22. The van der Waals surface area contributed by atoms with E-state index in [2.05, 4.69) is 29.1 Å². The third-order valence-corrected chi connectivity index (χ3v) is 4.99. The Morgan fingerprint density at radius 1 is 1.42 bits per heavy atom. The average Bonchev–Trinajstić information content (AvgIpc) is 2.67. The van der Waals surface area contributed by atoms with Crippen molar-refractivity contribution in [2.24, 2.45) is 10.9 Å². The number of nitrogens with zero attached hydrogens (tertiary/aromatic N) is 2. The van der Waals surface area contributed by atoms with Crippen LogP contribution in [0, 0.1) is 5.92 Å². The average molecular weight is 279 g/mol. The van der Waals surface area contributed by atoms with Crippen LogP contribution in [0.25, 0.3) is 0 Å². The third-order valence-electron chi connectivity index (χ3n) is 3.51. The first-order valence-corrected chi connectivity index (χ1v) is 7.24. The van der Waals surface area contributed by atoms with E-state index in [-0.39, 0.29) is 19.3 Å². The number of carbonyl (C=O) groups is 1. The van der Waals surface area contributed by atoms with E-state index >= 15 is 0 Å². The summed E-state index contributed by atoms with van der Waals surface area (Å²) in [6.45, 7) is 8.05. The topological polar surface area (TPSA) is 54.4 Å². The molecule has 1 amide bonds. The van der Waals surface area contributed by atoms with E-state index in [1.807, 2.05) is 32.0 Å². The fourth-order valence-corrected chi connectivity index (χ4v) is 2.93. The Hall–Kier alpha value is -1.36. The molecule has 5 heteroatoms. The maximum absolute atomic E-state index is 12.0. The molecule has 1 aromatic rings. The second kappa shape index (κ2) is 5.33. The maximum Gasteiger partial charge on any atom is 0.242 e. The van der Waals surface area contributed by atoms with E-state index < -0.39 is 4.75 Å². The molecular formula is C14H21N3OS. The Labute approximate surface area is 119 Å². The predicted octanol–water partition coefficient (Wildman–Crippen LogP) is 3.02. The lowest BCUT2D eigenvalue weighted by Crippen LogP contribution is -2.38. The van der Waals surface area contributed by atoms with Gasteiger partial charge < -0.3 is 5.32 Å². The highest BCUT2D eigenvalue weighted by Crippen LogP contribution is 2.38. The van der Waals surface area contributed by atoms with Gasteiger partial charge in [0.25, 0.3) is 0 Å². The second-order valence-corrected chi connectivity index (χ2v) is 6.62. The van der Waals surface area contributed by atoms with Gasteiger partial charge in [0.15, 0.2) is 5.17 Å². The quantitative estimate of drug-likeness (QED) is 0.925. The molecule has 19 heavy (non-hydrogen) atoms. The summed E-state index contributed by atoms with van der Waals surface area (Å²) in [5.74, 6) is 0.301. The maximum atomic E-state index is 12.0. The smallest absolute Gasteiger partial charge is 0.242 e. The number of hydrogen-bond donors (Lipinski definition) is 1. The molecule has 0 spiro atoms. The largest absolute Gasteiger partial charge is 0.304 e.